The van der Waals surface area contributed by atoms with Gasteiger partial charge in [0.05, 0.1) is 23.6 Å². The zero-order valence-corrected chi connectivity index (χ0v) is 18.9. The van der Waals surface area contributed by atoms with Crippen molar-refractivity contribution < 1.29 is 27.9 Å². The average molecular weight is 495 g/mol. The highest BCUT2D eigenvalue weighted by molar-refractivity contribution is 5.92. The van der Waals surface area contributed by atoms with Crippen molar-refractivity contribution in [2.45, 2.75) is 32.1 Å². The van der Waals surface area contributed by atoms with E-state index in [-0.39, 0.29) is 11.5 Å². The third-order valence-electron chi connectivity index (χ3n) is 5.16. The Kier molecular flexibility index (Phi) is 7.74. The van der Waals surface area contributed by atoms with Crippen molar-refractivity contribution in [1.82, 2.24) is 29.8 Å². The van der Waals surface area contributed by atoms with E-state index >= 15 is 0 Å². The van der Waals surface area contributed by atoms with E-state index in [1.807, 2.05) is 19.1 Å². The molecular formula is C21H24F3N7O4. The monoisotopic (exact) mass is 495 g/mol. The number of halogens is 3. The minimum Gasteiger partial charge on any atom is -0.475 e. The minimum absolute atomic E-state index is 0.0503. The molecule has 1 saturated heterocycles. The first kappa shape index (κ1) is 25.7. The summed E-state index contributed by atoms with van der Waals surface area (Å²) in [4.78, 5) is 41.7. The van der Waals surface area contributed by atoms with Gasteiger partial charge in [-0.15, -0.1) is 0 Å². The molecule has 0 bridgehead atoms. The van der Waals surface area contributed by atoms with E-state index in [1.165, 1.54) is 0 Å². The van der Waals surface area contributed by atoms with E-state index in [4.69, 9.17) is 9.90 Å². The van der Waals surface area contributed by atoms with E-state index in [2.05, 4.69) is 30.6 Å². The van der Waals surface area contributed by atoms with Crippen LogP contribution in [-0.2, 0) is 17.8 Å². The van der Waals surface area contributed by atoms with Crippen LogP contribution in [0.5, 0.6) is 0 Å². The Morgan fingerprint density at radius 1 is 1.29 bits per heavy atom. The molecule has 4 rings (SSSR count). The molecule has 4 N–H and O–H groups in total. The maximum Gasteiger partial charge on any atom is 0.490 e. The van der Waals surface area contributed by atoms with Crippen molar-refractivity contribution in [1.29, 1.82) is 0 Å². The maximum atomic E-state index is 11.9. The van der Waals surface area contributed by atoms with Crippen molar-refractivity contribution >= 4 is 23.2 Å². The Morgan fingerprint density at radius 2 is 1.97 bits per heavy atom. The fourth-order valence-corrected chi connectivity index (χ4v) is 3.37. The lowest BCUT2D eigenvalue weighted by Gasteiger charge is -2.39. The van der Waals surface area contributed by atoms with Gasteiger partial charge in [0.2, 0.25) is 0 Å². The molecule has 35 heavy (non-hydrogen) atoms. The largest absolute Gasteiger partial charge is 0.490 e. The number of alkyl halides is 3. The van der Waals surface area contributed by atoms with Gasteiger partial charge in [-0.25, -0.2) is 14.3 Å². The lowest BCUT2D eigenvalue weighted by molar-refractivity contribution is -0.192. The number of rotatable bonds is 6. The predicted molar refractivity (Wildman–Crippen MR) is 119 cm³/mol. The molecular weight excluding hydrogens is 471 g/mol. The molecule has 0 spiro atoms. The Bertz CT molecular complexity index is 1250. The summed E-state index contributed by atoms with van der Waals surface area (Å²) in [7, 11) is 1.59. The second-order valence-corrected chi connectivity index (χ2v) is 7.78. The molecule has 3 aromatic heterocycles. The summed E-state index contributed by atoms with van der Waals surface area (Å²) in [6.07, 6.45) is -0.927. The fourth-order valence-electron chi connectivity index (χ4n) is 3.37. The number of likely N-dealkylation sites (tertiary alicyclic amines) is 1. The highest BCUT2D eigenvalue weighted by Gasteiger charge is 2.38. The van der Waals surface area contributed by atoms with Gasteiger partial charge in [-0.05, 0) is 18.6 Å². The summed E-state index contributed by atoms with van der Waals surface area (Å²) in [5.74, 6) is -2.95. The predicted octanol–water partition coefficient (Wildman–Crippen LogP) is 1.27. The van der Waals surface area contributed by atoms with Gasteiger partial charge in [0.1, 0.15) is 11.3 Å². The van der Waals surface area contributed by atoms with Gasteiger partial charge >= 0.3 is 12.1 Å². The van der Waals surface area contributed by atoms with Gasteiger partial charge in [-0.3, -0.25) is 14.5 Å². The molecule has 14 heteroatoms. The van der Waals surface area contributed by atoms with E-state index < -0.39 is 12.1 Å². The summed E-state index contributed by atoms with van der Waals surface area (Å²) >= 11 is 0. The third kappa shape index (κ3) is 6.56. The lowest BCUT2D eigenvalue weighted by atomic mass is 10.1. The van der Waals surface area contributed by atoms with E-state index in [1.54, 1.807) is 30.0 Å². The quantitative estimate of drug-likeness (QED) is 0.400. The number of nitrogens with one attached hydrogen (secondary N) is 3. The van der Waals surface area contributed by atoms with Gasteiger partial charge in [0.25, 0.3) is 11.5 Å². The maximum absolute atomic E-state index is 11.9. The molecule has 0 atom stereocenters. The topological polar surface area (TPSA) is 145 Å². The van der Waals surface area contributed by atoms with Crippen molar-refractivity contribution in [3.63, 3.8) is 0 Å². The van der Waals surface area contributed by atoms with Crippen molar-refractivity contribution in [2.75, 3.05) is 25.5 Å². The zero-order chi connectivity index (χ0) is 25.8. The first-order valence-electron chi connectivity index (χ1n) is 10.6. The molecule has 0 saturated carbocycles. The lowest BCUT2D eigenvalue weighted by Crippen LogP contribution is -2.54. The number of nitrogens with zero attached hydrogens (tertiary/aromatic N) is 4. The molecule has 1 aliphatic rings. The van der Waals surface area contributed by atoms with E-state index in [9.17, 15) is 22.8 Å². The van der Waals surface area contributed by atoms with Gasteiger partial charge < -0.3 is 20.7 Å². The molecule has 0 aromatic carbocycles. The molecule has 0 unspecified atom stereocenters. The number of anilines is 1. The molecule has 1 aliphatic heterocycles. The number of pyridine rings is 1. The second kappa shape index (κ2) is 10.5. The van der Waals surface area contributed by atoms with Gasteiger partial charge in [-0.1, -0.05) is 6.92 Å². The second-order valence-electron chi connectivity index (χ2n) is 7.78. The summed E-state index contributed by atoms with van der Waals surface area (Å²) in [5.41, 5.74) is 3.62. The summed E-state index contributed by atoms with van der Waals surface area (Å²) in [6.45, 7) is 4.47. The van der Waals surface area contributed by atoms with Crippen molar-refractivity contribution in [3.05, 3.63) is 57.9 Å². The van der Waals surface area contributed by atoms with Crippen LogP contribution in [0.4, 0.5) is 18.9 Å². The molecule has 11 nitrogen and oxygen atoms in total. The standard InChI is InChI=1S/C19H23N7O2.C2HF3O2/c1-3-12-8-26-17(23-18(12)27)6-14(24-26)9-25-10-15(11-25)22-13-4-5-16(21-7-13)19(28)20-2;3-2(4,5)1(6)7/h4-8,15,22H,3,9-11H2,1-2H3,(H,20,28)(H,23,27);(H,6,7). The number of amides is 1. The number of aromatic nitrogens is 4. The van der Waals surface area contributed by atoms with Crippen LogP contribution < -0.4 is 16.2 Å². The third-order valence-corrected chi connectivity index (χ3v) is 5.16. The molecule has 0 aliphatic carbocycles. The number of carboxylic acids is 1. The van der Waals surface area contributed by atoms with Crippen LogP contribution in [0.1, 0.15) is 28.7 Å². The number of aromatic amines is 1. The van der Waals surface area contributed by atoms with E-state index in [0.29, 0.717) is 18.2 Å². The fraction of sp³-hybridized carbons (Fsp3) is 0.381. The van der Waals surface area contributed by atoms with Gasteiger partial charge in [-0.2, -0.15) is 18.3 Å². The number of carbonyl (C=O) groups is 2. The SMILES string of the molecule is CCc1cn2nc(CN3CC(Nc4ccc(C(=O)NC)nc4)C3)cc2[nH]c1=O.O=C(O)C(F)(F)F. The van der Waals surface area contributed by atoms with Crippen LogP contribution >= 0.6 is 0 Å². The molecule has 1 amide bonds. The first-order chi connectivity index (χ1) is 16.5. The summed E-state index contributed by atoms with van der Waals surface area (Å²) in [6, 6.07) is 5.82. The summed E-state index contributed by atoms with van der Waals surface area (Å²) < 4.78 is 33.5. The highest BCUT2D eigenvalue weighted by Crippen LogP contribution is 2.18. The first-order valence-corrected chi connectivity index (χ1v) is 10.6. The molecule has 4 heterocycles. The smallest absolute Gasteiger partial charge is 0.475 e. The number of carbonyl (C=O) groups excluding carboxylic acids is 1. The van der Waals surface area contributed by atoms with Crippen molar-refractivity contribution in [3.8, 4) is 0 Å². The highest BCUT2D eigenvalue weighted by atomic mass is 19.4. The Balaban J connectivity index is 0.000000429. The number of aryl methyl sites for hydroxylation is 1. The number of H-pyrrole nitrogens is 1. The van der Waals surface area contributed by atoms with Crippen LogP contribution in [0.2, 0.25) is 0 Å². The Labute approximate surface area is 197 Å². The van der Waals surface area contributed by atoms with Crippen LogP contribution in [0, 0.1) is 0 Å². The Hall–Kier alpha value is -3.94. The van der Waals surface area contributed by atoms with Crippen molar-refractivity contribution in [2.24, 2.45) is 0 Å². The number of hydrogen-bond acceptors (Lipinski definition) is 7. The zero-order valence-electron chi connectivity index (χ0n) is 18.9. The van der Waals surface area contributed by atoms with Crippen LogP contribution in [-0.4, -0.2) is 73.8 Å². The molecule has 0 radical (unpaired) electrons. The Morgan fingerprint density at radius 3 is 2.51 bits per heavy atom. The molecule has 188 valence electrons. The van der Waals surface area contributed by atoms with Crippen LogP contribution in [0.25, 0.3) is 5.65 Å². The molecule has 3 aromatic rings. The number of hydrogen-bond donors (Lipinski definition) is 4. The minimum atomic E-state index is -5.08. The normalized spacial score (nSPS) is 14.1. The molecule has 1 fully saturated rings. The van der Waals surface area contributed by atoms with Gasteiger partial charge in [0, 0.05) is 44.5 Å². The van der Waals surface area contributed by atoms with Crippen LogP contribution in [0.3, 0.4) is 0 Å². The van der Waals surface area contributed by atoms with E-state index in [0.717, 1.165) is 42.2 Å². The average Bonchev–Trinajstić information content (AvgIpc) is 3.17. The number of carboxylic acid groups (broad SMARTS) is 1. The van der Waals surface area contributed by atoms with Crippen LogP contribution in [0.15, 0.2) is 35.4 Å². The number of aliphatic carboxylic acids is 1. The van der Waals surface area contributed by atoms with Gasteiger partial charge in [0.15, 0.2) is 0 Å². The summed E-state index contributed by atoms with van der Waals surface area (Å²) in [5, 5.41) is 17.7. The number of fused-ring (bicyclic) bond motifs is 1.